The van der Waals surface area contributed by atoms with Crippen molar-refractivity contribution in [2.75, 3.05) is 27.4 Å². The molecule has 31 heavy (non-hydrogen) atoms. The standard InChI is InChI=1S/C25H29NO5/c1-25(2,3)18-10-6-16(7-11-18)21-20(23(28)24(29)26(21)14-15-30-4)22(27)17-8-12-19(31-5)13-9-17/h6-13,21,27H,14-15H2,1-5H3/t21-/m1/s1. The molecule has 0 bridgehead atoms. The lowest BCUT2D eigenvalue weighted by Crippen LogP contribution is -2.32. The summed E-state index contributed by atoms with van der Waals surface area (Å²) in [6, 6.07) is 13.9. The number of Topliss-reactive ketones (excluding diaryl/α,β-unsaturated/α-hetero) is 1. The summed E-state index contributed by atoms with van der Waals surface area (Å²) in [6.45, 7) is 6.89. The highest BCUT2D eigenvalue weighted by molar-refractivity contribution is 6.46. The molecule has 0 unspecified atom stereocenters. The van der Waals surface area contributed by atoms with Gasteiger partial charge in [-0.2, -0.15) is 0 Å². The van der Waals surface area contributed by atoms with E-state index >= 15 is 0 Å². The zero-order valence-electron chi connectivity index (χ0n) is 18.6. The molecule has 1 fully saturated rings. The Morgan fingerprint density at radius 2 is 1.61 bits per heavy atom. The van der Waals surface area contributed by atoms with Crippen molar-refractivity contribution in [1.29, 1.82) is 0 Å². The number of ketones is 1. The summed E-state index contributed by atoms with van der Waals surface area (Å²) in [6.07, 6.45) is 0. The van der Waals surface area contributed by atoms with Crippen molar-refractivity contribution in [3.8, 4) is 5.75 Å². The topological polar surface area (TPSA) is 76.1 Å². The maximum Gasteiger partial charge on any atom is 0.295 e. The fourth-order valence-corrected chi connectivity index (χ4v) is 3.72. The Hall–Kier alpha value is -3.12. The van der Waals surface area contributed by atoms with Gasteiger partial charge in [0, 0.05) is 19.2 Å². The van der Waals surface area contributed by atoms with Crippen LogP contribution >= 0.6 is 0 Å². The van der Waals surface area contributed by atoms with Crippen LogP contribution in [0.1, 0.15) is 43.5 Å². The highest BCUT2D eigenvalue weighted by Gasteiger charge is 2.45. The normalized spacial score (nSPS) is 18.5. The van der Waals surface area contributed by atoms with Crippen LogP contribution in [0.4, 0.5) is 0 Å². The van der Waals surface area contributed by atoms with E-state index < -0.39 is 17.7 Å². The summed E-state index contributed by atoms with van der Waals surface area (Å²) in [5, 5.41) is 11.0. The van der Waals surface area contributed by atoms with Gasteiger partial charge in [0.15, 0.2) is 0 Å². The van der Waals surface area contributed by atoms with Crippen LogP contribution in [0.2, 0.25) is 0 Å². The molecular weight excluding hydrogens is 394 g/mol. The molecule has 1 amide bonds. The summed E-state index contributed by atoms with van der Waals surface area (Å²) in [4.78, 5) is 27.2. The maximum absolute atomic E-state index is 13.0. The number of rotatable bonds is 6. The Bertz CT molecular complexity index is 984. The van der Waals surface area contributed by atoms with Crippen LogP contribution < -0.4 is 4.74 Å². The number of carbonyl (C=O) groups is 2. The van der Waals surface area contributed by atoms with Crippen molar-refractivity contribution in [2.45, 2.75) is 32.2 Å². The second-order valence-electron chi connectivity index (χ2n) is 8.59. The van der Waals surface area contributed by atoms with Crippen LogP contribution in [0.3, 0.4) is 0 Å². The Kier molecular flexibility index (Phi) is 6.51. The van der Waals surface area contributed by atoms with Gasteiger partial charge in [0.05, 0.1) is 25.3 Å². The van der Waals surface area contributed by atoms with E-state index in [9.17, 15) is 14.7 Å². The number of nitrogens with zero attached hydrogens (tertiary/aromatic N) is 1. The first-order valence-electron chi connectivity index (χ1n) is 10.2. The van der Waals surface area contributed by atoms with Gasteiger partial charge in [0.25, 0.3) is 11.7 Å². The minimum atomic E-state index is -0.700. The molecule has 1 aliphatic rings. The Morgan fingerprint density at radius 1 is 1.00 bits per heavy atom. The van der Waals surface area contributed by atoms with E-state index in [2.05, 4.69) is 20.8 Å². The molecule has 6 nitrogen and oxygen atoms in total. The average molecular weight is 424 g/mol. The third-order valence-electron chi connectivity index (χ3n) is 5.53. The van der Waals surface area contributed by atoms with E-state index in [1.165, 1.54) is 4.90 Å². The molecular formula is C25H29NO5. The lowest BCUT2D eigenvalue weighted by Gasteiger charge is -2.26. The summed E-state index contributed by atoms with van der Waals surface area (Å²) < 4.78 is 10.3. The van der Waals surface area contributed by atoms with E-state index in [1.807, 2.05) is 24.3 Å². The van der Waals surface area contributed by atoms with Crippen LogP contribution in [0.15, 0.2) is 54.1 Å². The van der Waals surface area contributed by atoms with Crippen LogP contribution in [-0.2, 0) is 19.7 Å². The second kappa shape index (κ2) is 8.94. The number of aliphatic hydroxyl groups is 1. The first kappa shape index (κ1) is 22.6. The molecule has 2 aromatic rings. The van der Waals surface area contributed by atoms with Gasteiger partial charge < -0.3 is 19.5 Å². The highest BCUT2D eigenvalue weighted by Crippen LogP contribution is 2.40. The smallest absolute Gasteiger partial charge is 0.295 e. The molecule has 0 saturated carbocycles. The van der Waals surface area contributed by atoms with Crippen molar-refractivity contribution < 1.29 is 24.2 Å². The number of benzene rings is 2. The Morgan fingerprint density at radius 3 is 2.13 bits per heavy atom. The average Bonchev–Trinajstić information content (AvgIpc) is 3.01. The van der Waals surface area contributed by atoms with Crippen LogP contribution in [-0.4, -0.2) is 49.1 Å². The third kappa shape index (κ3) is 4.49. The lowest BCUT2D eigenvalue weighted by atomic mass is 9.85. The first-order valence-corrected chi connectivity index (χ1v) is 10.2. The van der Waals surface area contributed by atoms with Gasteiger partial charge in [-0.3, -0.25) is 9.59 Å². The highest BCUT2D eigenvalue weighted by atomic mass is 16.5. The van der Waals surface area contributed by atoms with Gasteiger partial charge in [-0.25, -0.2) is 0 Å². The molecule has 1 saturated heterocycles. The number of carbonyl (C=O) groups excluding carboxylic acids is 2. The fourth-order valence-electron chi connectivity index (χ4n) is 3.72. The monoisotopic (exact) mass is 423 g/mol. The van der Waals surface area contributed by atoms with Gasteiger partial charge in [-0.05, 0) is 40.8 Å². The number of likely N-dealkylation sites (tertiary alicyclic amines) is 1. The maximum atomic E-state index is 13.0. The number of amides is 1. The molecule has 1 heterocycles. The molecule has 0 spiro atoms. The van der Waals surface area contributed by atoms with Gasteiger partial charge in [0.1, 0.15) is 11.5 Å². The summed E-state index contributed by atoms with van der Waals surface area (Å²) in [5.41, 5.74) is 2.40. The number of aliphatic hydroxyl groups excluding tert-OH is 1. The van der Waals surface area contributed by atoms with Crippen molar-refractivity contribution >= 4 is 17.4 Å². The van der Waals surface area contributed by atoms with E-state index in [-0.39, 0.29) is 29.9 Å². The lowest BCUT2D eigenvalue weighted by molar-refractivity contribution is -0.140. The summed E-state index contributed by atoms with van der Waals surface area (Å²) in [5.74, 6) is -0.913. The zero-order chi connectivity index (χ0) is 22.8. The number of ether oxygens (including phenoxy) is 2. The number of methoxy groups -OCH3 is 2. The van der Waals surface area contributed by atoms with E-state index in [4.69, 9.17) is 9.47 Å². The van der Waals surface area contributed by atoms with Crippen molar-refractivity contribution in [3.63, 3.8) is 0 Å². The van der Waals surface area contributed by atoms with Gasteiger partial charge in [-0.1, -0.05) is 45.0 Å². The molecule has 164 valence electrons. The van der Waals surface area contributed by atoms with E-state index in [1.54, 1.807) is 38.5 Å². The van der Waals surface area contributed by atoms with Crippen molar-refractivity contribution in [1.82, 2.24) is 4.90 Å². The largest absolute Gasteiger partial charge is 0.507 e. The van der Waals surface area contributed by atoms with E-state index in [0.29, 0.717) is 11.3 Å². The predicted octanol–water partition coefficient (Wildman–Crippen LogP) is 4.06. The minimum Gasteiger partial charge on any atom is -0.507 e. The summed E-state index contributed by atoms with van der Waals surface area (Å²) >= 11 is 0. The third-order valence-corrected chi connectivity index (χ3v) is 5.53. The van der Waals surface area contributed by atoms with Gasteiger partial charge >= 0.3 is 0 Å². The molecule has 0 aliphatic carbocycles. The molecule has 0 aromatic heterocycles. The van der Waals surface area contributed by atoms with E-state index in [0.717, 1.165) is 11.1 Å². The molecule has 2 aromatic carbocycles. The SMILES string of the molecule is COCCN1C(=O)C(=O)C(=C(O)c2ccc(OC)cc2)[C@H]1c1ccc(C(C)(C)C)cc1. The zero-order valence-corrected chi connectivity index (χ0v) is 18.6. The predicted molar refractivity (Wildman–Crippen MR) is 119 cm³/mol. The summed E-state index contributed by atoms with van der Waals surface area (Å²) in [7, 11) is 3.10. The molecule has 0 radical (unpaired) electrons. The quantitative estimate of drug-likeness (QED) is 0.431. The fraction of sp³-hybridized carbons (Fsp3) is 0.360. The van der Waals surface area contributed by atoms with Crippen molar-refractivity contribution in [2.24, 2.45) is 0 Å². The van der Waals surface area contributed by atoms with Crippen LogP contribution in [0.5, 0.6) is 5.75 Å². The number of hydrogen-bond donors (Lipinski definition) is 1. The van der Waals surface area contributed by atoms with Crippen LogP contribution in [0.25, 0.3) is 5.76 Å². The first-order chi connectivity index (χ1) is 14.7. The van der Waals surface area contributed by atoms with Crippen LogP contribution in [0, 0.1) is 0 Å². The minimum absolute atomic E-state index is 0.0283. The molecule has 1 N–H and O–H groups in total. The van der Waals surface area contributed by atoms with Gasteiger partial charge in [-0.15, -0.1) is 0 Å². The Balaban J connectivity index is 2.12. The molecule has 3 rings (SSSR count). The molecule has 1 atom stereocenters. The van der Waals surface area contributed by atoms with Gasteiger partial charge in [0.2, 0.25) is 0 Å². The molecule has 6 heteroatoms. The van der Waals surface area contributed by atoms with Crippen molar-refractivity contribution in [3.05, 3.63) is 70.8 Å². The Labute approximate surface area is 183 Å². The second-order valence-corrected chi connectivity index (χ2v) is 8.59. The molecule has 1 aliphatic heterocycles. The number of hydrogen-bond acceptors (Lipinski definition) is 5.